The van der Waals surface area contributed by atoms with Crippen molar-refractivity contribution >= 4 is 0 Å². The maximum Gasteiger partial charge on any atom is 0.248 e. The smallest absolute Gasteiger partial charge is 0.248 e. The molecule has 4 nitrogen and oxygen atoms in total. The van der Waals surface area contributed by atoms with Crippen LogP contribution >= 0.6 is 0 Å². The first-order valence-electron chi connectivity index (χ1n) is 6.24. The fraction of sp³-hybridized carbons (Fsp3) is 0.0667. The molecule has 0 spiro atoms. The molecule has 1 aromatic heterocycles. The lowest BCUT2D eigenvalue weighted by atomic mass is 10.1. The first-order chi connectivity index (χ1) is 10.1. The molecule has 1 heterocycles. The first-order valence-corrected chi connectivity index (χ1v) is 6.24. The van der Waals surface area contributed by atoms with Gasteiger partial charge in [0.05, 0.1) is 0 Å². The van der Waals surface area contributed by atoms with E-state index in [2.05, 4.69) is 10.1 Å². The monoisotopic (exact) mass is 287 g/mol. The molecule has 3 aromatic rings. The molecule has 0 aliphatic heterocycles. The predicted octanol–water partition coefficient (Wildman–Crippen LogP) is 3.06. The summed E-state index contributed by atoms with van der Waals surface area (Å²) in [5, 5.41) is 3.75. The van der Waals surface area contributed by atoms with Gasteiger partial charge in [0, 0.05) is 5.56 Å². The summed E-state index contributed by atoms with van der Waals surface area (Å²) < 4.78 is 31.2. The molecule has 0 radical (unpaired) electrons. The van der Waals surface area contributed by atoms with E-state index in [4.69, 9.17) is 10.3 Å². The Bertz CT molecular complexity index is 759. The van der Waals surface area contributed by atoms with E-state index in [1.54, 1.807) is 0 Å². The normalized spacial score (nSPS) is 12.3. The van der Waals surface area contributed by atoms with Crippen molar-refractivity contribution < 1.29 is 13.3 Å². The number of hydrogen-bond donors (Lipinski definition) is 1. The SMILES string of the molecule is NC(c1ccccc1)c1nc(-c2ccc(F)c(F)c2)no1. The number of benzene rings is 2. The maximum atomic E-state index is 13.2. The third kappa shape index (κ3) is 2.66. The Morgan fingerprint density at radius 1 is 1.00 bits per heavy atom. The van der Waals surface area contributed by atoms with E-state index in [1.807, 2.05) is 30.3 Å². The van der Waals surface area contributed by atoms with E-state index in [0.29, 0.717) is 5.56 Å². The number of halogens is 2. The van der Waals surface area contributed by atoms with Crippen LogP contribution in [0.2, 0.25) is 0 Å². The van der Waals surface area contributed by atoms with Crippen LogP contribution in [0.3, 0.4) is 0 Å². The van der Waals surface area contributed by atoms with Crippen molar-refractivity contribution in [2.24, 2.45) is 5.73 Å². The third-order valence-corrected chi connectivity index (χ3v) is 3.04. The van der Waals surface area contributed by atoms with Gasteiger partial charge in [-0.15, -0.1) is 0 Å². The molecule has 0 saturated carbocycles. The summed E-state index contributed by atoms with van der Waals surface area (Å²) in [6.45, 7) is 0. The standard InChI is InChI=1S/C15H11F2N3O/c16-11-7-6-10(8-12(11)17)14-19-15(21-20-14)13(18)9-4-2-1-3-5-9/h1-8,13H,18H2. The second-order valence-electron chi connectivity index (χ2n) is 4.47. The lowest BCUT2D eigenvalue weighted by molar-refractivity contribution is 0.367. The topological polar surface area (TPSA) is 64.9 Å². The van der Waals surface area contributed by atoms with E-state index in [9.17, 15) is 8.78 Å². The zero-order valence-electron chi connectivity index (χ0n) is 10.8. The predicted molar refractivity (Wildman–Crippen MR) is 72.1 cm³/mol. The highest BCUT2D eigenvalue weighted by molar-refractivity contribution is 5.54. The fourth-order valence-electron chi connectivity index (χ4n) is 1.92. The highest BCUT2D eigenvalue weighted by Gasteiger charge is 2.18. The number of nitrogens with two attached hydrogens (primary N) is 1. The van der Waals surface area contributed by atoms with Crippen molar-refractivity contribution in [1.29, 1.82) is 0 Å². The van der Waals surface area contributed by atoms with Crippen LogP contribution in [0.15, 0.2) is 53.1 Å². The quantitative estimate of drug-likeness (QED) is 0.804. The van der Waals surface area contributed by atoms with Crippen molar-refractivity contribution in [3.63, 3.8) is 0 Å². The molecule has 0 aliphatic rings. The Balaban J connectivity index is 1.91. The van der Waals surface area contributed by atoms with Gasteiger partial charge in [0.25, 0.3) is 0 Å². The number of nitrogens with zero attached hydrogens (tertiary/aromatic N) is 2. The lowest BCUT2D eigenvalue weighted by Crippen LogP contribution is -2.11. The van der Waals surface area contributed by atoms with Crippen molar-refractivity contribution in [3.05, 3.63) is 71.6 Å². The summed E-state index contributed by atoms with van der Waals surface area (Å²) in [4.78, 5) is 4.14. The summed E-state index contributed by atoms with van der Waals surface area (Å²) in [6.07, 6.45) is 0. The minimum absolute atomic E-state index is 0.162. The average molecular weight is 287 g/mol. The largest absolute Gasteiger partial charge is 0.337 e. The van der Waals surface area contributed by atoms with Crippen LogP contribution < -0.4 is 5.73 Å². The zero-order chi connectivity index (χ0) is 14.8. The minimum Gasteiger partial charge on any atom is -0.337 e. The summed E-state index contributed by atoms with van der Waals surface area (Å²) >= 11 is 0. The molecular formula is C15H11F2N3O. The molecule has 0 bridgehead atoms. The maximum absolute atomic E-state index is 13.2. The molecular weight excluding hydrogens is 276 g/mol. The van der Waals surface area contributed by atoms with Crippen molar-refractivity contribution in [1.82, 2.24) is 10.1 Å². The molecule has 2 aromatic carbocycles. The Kier molecular flexibility index (Phi) is 3.45. The van der Waals surface area contributed by atoms with Gasteiger partial charge in [-0.2, -0.15) is 4.98 Å². The second kappa shape index (κ2) is 5.41. The lowest BCUT2D eigenvalue weighted by Gasteiger charge is -2.05. The summed E-state index contributed by atoms with van der Waals surface area (Å²) in [5.41, 5.74) is 7.17. The van der Waals surface area contributed by atoms with E-state index in [-0.39, 0.29) is 11.7 Å². The summed E-state index contributed by atoms with van der Waals surface area (Å²) in [5.74, 6) is -1.52. The van der Waals surface area contributed by atoms with Gasteiger partial charge in [-0.3, -0.25) is 0 Å². The molecule has 1 atom stereocenters. The zero-order valence-corrected chi connectivity index (χ0v) is 10.8. The van der Waals surface area contributed by atoms with Gasteiger partial charge < -0.3 is 10.3 Å². The molecule has 0 aliphatic carbocycles. The molecule has 106 valence electrons. The van der Waals surface area contributed by atoms with Crippen molar-refractivity contribution in [2.75, 3.05) is 0 Å². The van der Waals surface area contributed by atoms with Gasteiger partial charge in [0.15, 0.2) is 11.6 Å². The average Bonchev–Trinajstić information content (AvgIpc) is 3.00. The molecule has 6 heteroatoms. The highest BCUT2D eigenvalue weighted by Crippen LogP contribution is 2.22. The van der Waals surface area contributed by atoms with Crippen LogP contribution in [0, 0.1) is 11.6 Å². The van der Waals surface area contributed by atoms with Gasteiger partial charge in [-0.1, -0.05) is 35.5 Å². The molecule has 1 unspecified atom stereocenters. The Labute approximate surface area is 119 Å². The molecule has 21 heavy (non-hydrogen) atoms. The van der Waals surface area contributed by atoms with Crippen molar-refractivity contribution in [3.8, 4) is 11.4 Å². The first kappa shape index (κ1) is 13.4. The van der Waals surface area contributed by atoms with Crippen molar-refractivity contribution in [2.45, 2.75) is 6.04 Å². The van der Waals surface area contributed by atoms with E-state index < -0.39 is 17.7 Å². The Morgan fingerprint density at radius 3 is 2.48 bits per heavy atom. The van der Waals surface area contributed by atoms with Crippen LogP contribution in [0.25, 0.3) is 11.4 Å². The van der Waals surface area contributed by atoms with E-state index in [1.165, 1.54) is 6.07 Å². The van der Waals surface area contributed by atoms with Crippen LogP contribution in [0.1, 0.15) is 17.5 Å². The molecule has 0 fully saturated rings. The molecule has 0 amide bonds. The fourth-order valence-corrected chi connectivity index (χ4v) is 1.92. The van der Waals surface area contributed by atoms with E-state index in [0.717, 1.165) is 17.7 Å². The Morgan fingerprint density at radius 2 is 1.76 bits per heavy atom. The highest BCUT2D eigenvalue weighted by atomic mass is 19.2. The molecule has 0 saturated heterocycles. The van der Waals surface area contributed by atoms with Gasteiger partial charge in [-0.05, 0) is 23.8 Å². The van der Waals surface area contributed by atoms with Gasteiger partial charge in [0.2, 0.25) is 11.7 Å². The third-order valence-electron chi connectivity index (χ3n) is 3.04. The summed E-state index contributed by atoms with van der Waals surface area (Å²) in [6, 6.07) is 12.1. The van der Waals surface area contributed by atoms with Gasteiger partial charge in [-0.25, -0.2) is 8.78 Å². The molecule has 3 rings (SSSR count). The number of aromatic nitrogens is 2. The second-order valence-corrected chi connectivity index (χ2v) is 4.47. The van der Waals surface area contributed by atoms with Crippen LogP contribution in [0.5, 0.6) is 0 Å². The number of hydrogen-bond acceptors (Lipinski definition) is 4. The summed E-state index contributed by atoms with van der Waals surface area (Å²) in [7, 11) is 0. The van der Waals surface area contributed by atoms with Crippen LogP contribution in [0.4, 0.5) is 8.78 Å². The molecule has 2 N–H and O–H groups in total. The number of rotatable bonds is 3. The van der Waals surface area contributed by atoms with Gasteiger partial charge in [0.1, 0.15) is 6.04 Å². The van der Waals surface area contributed by atoms with Gasteiger partial charge >= 0.3 is 0 Å². The van der Waals surface area contributed by atoms with E-state index >= 15 is 0 Å². The van der Waals surface area contributed by atoms with Crippen LogP contribution in [-0.2, 0) is 0 Å². The Hall–Kier alpha value is -2.60. The minimum atomic E-state index is -0.966. The van der Waals surface area contributed by atoms with Crippen LogP contribution in [-0.4, -0.2) is 10.1 Å².